The van der Waals surface area contributed by atoms with Crippen LogP contribution in [0, 0.1) is 12.8 Å². The third-order valence-electron chi connectivity index (χ3n) is 4.66. The lowest BCUT2D eigenvalue weighted by Crippen LogP contribution is -2.50. The summed E-state index contributed by atoms with van der Waals surface area (Å²) >= 11 is 0. The topological polar surface area (TPSA) is 41.6 Å². The summed E-state index contributed by atoms with van der Waals surface area (Å²) in [5, 5.41) is 3.28. The number of amides is 1. The molecule has 4 heteroatoms. The van der Waals surface area contributed by atoms with Crippen molar-refractivity contribution in [2.75, 3.05) is 26.2 Å². The van der Waals surface area contributed by atoms with E-state index >= 15 is 0 Å². The molecule has 0 aromatic heterocycles. The van der Waals surface area contributed by atoms with Crippen LogP contribution >= 0.6 is 0 Å². The molecule has 2 fully saturated rings. The van der Waals surface area contributed by atoms with Gasteiger partial charge in [0.05, 0.1) is 25.1 Å². The zero-order valence-electron chi connectivity index (χ0n) is 12.8. The van der Waals surface area contributed by atoms with E-state index < -0.39 is 0 Å². The Labute approximate surface area is 126 Å². The second-order valence-electron chi connectivity index (χ2n) is 6.21. The Hall–Kier alpha value is -1.39. The maximum absolute atomic E-state index is 12.7. The first-order valence-electron chi connectivity index (χ1n) is 7.85. The summed E-state index contributed by atoms with van der Waals surface area (Å²) in [6.45, 7) is 7.23. The number of aryl methyl sites for hydroxylation is 1. The Morgan fingerprint density at radius 3 is 2.90 bits per heavy atom. The van der Waals surface area contributed by atoms with E-state index in [1.807, 2.05) is 17.0 Å². The quantitative estimate of drug-likeness (QED) is 0.903. The smallest absolute Gasteiger partial charge is 0.227 e. The molecule has 2 heterocycles. The molecular weight excluding hydrogens is 264 g/mol. The lowest BCUT2D eigenvalue weighted by molar-refractivity contribution is -0.148. The standard InChI is InChI=1S/C17H24N2O2/c1-12-5-3-4-6-15(12)16-10-19(13(2)11-21-16)17(20)14-7-8-18-9-14/h3-6,13-14,16,18H,7-11H2,1-2H3/t13-,14-,16-/m0/s1. The number of benzene rings is 1. The van der Waals surface area contributed by atoms with Gasteiger partial charge in [-0.2, -0.15) is 0 Å². The predicted molar refractivity (Wildman–Crippen MR) is 82.0 cm³/mol. The van der Waals surface area contributed by atoms with Gasteiger partial charge in [0.2, 0.25) is 5.91 Å². The predicted octanol–water partition coefficient (Wildman–Crippen LogP) is 1.89. The van der Waals surface area contributed by atoms with Crippen molar-refractivity contribution in [3.05, 3.63) is 35.4 Å². The van der Waals surface area contributed by atoms with Crippen molar-refractivity contribution < 1.29 is 9.53 Å². The van der Waals surface area contributed by atoms with Gasteiger partial charge < -0.3 is 15.0 Å². The summed E-state index contributed by atoms with van der Waals surface area (Å²) in [5.74, 6) is 0.428. The third kappa shape index (κ3) is 2.97. The van der Waals surface area contributed by atoms with Gasteiger partial charge in [0.15, 0.2) is 0 Å². The van der Waals surface area contributed by atoms with Crippen LogP contribution in [0.2, 0.25) is 0 Å². The first kappa shape index (κ1) is 14.5. The average Bonchev–Trinajstić information content (AvgIpc) is 3.02. The molecule has 0 spiro atoms. The van der Waals surface area contributed by atoms with Crippen molar-refractivity contribution in [3.8, 4) is 0 Å². The van der Waals surface area contributed by atoms with Crippen molar-refractivity contribution in [2.45, 2.75) is 32.4 Å². The van der Waals surface area contributed by atoms with Crippen LogP contribution < -0.4 is 5.32 Å². The number of hydrogen-bond acceptors (Lipinski definition) is 3. The molecule has 2 aliphatic heterocycles. The Balaban J connectivity index is 1.75. The van der Waals surface area contributed by atoms with Gasteiger partial charge in [-0.3, -0.25) is 4.79 Å². The molecule has 2 saturated heterocycles. The minimum Gasteiger partial charge on any atom is -0.370 e. The molecule has 4 nitrogen and oxygen atoms in total. The molecule has 0 aliphatic carbocycles. The number of morpholine rings is 1. The lowest BCUT2D eigenvalue weighted by atomic mass is 9.99. The number of nitrogens with zero attached hydrogens (tertiary/aromatic N) is 1. The normalized spacial score (nSPS) is 29.6. The number of rotatable bonds is 2. The van der Waals surface area contributed by atoms with Crippen LogP contribution in [0.4, 0.5) is 0 Å². The summed E-state index contributed by atoms with van der Waals surface area (Å²) < 4.78 is 5.99. The van der Waals surface area contributed by atoms with Crippen LogP contribution in [0.1, 0.15) is 30.6 Å². The highest BCUT2D eigenvalue weighted by molar-refractivity contribution is 5.80. The van der Waals surface area contributed by atoms with Gasteiger partial charge in [0.25, 0.3) is 0 Å². The van der Waals surface area contributed by atoms with Crippen LogP contribution in [0.5, 0.6) is 0 Å². The van der Waals surface area contributed by atoms with Crippen LogP contribution in [-0.4, -0.2) is 43.1 Å². The Morgan fingerprint density at radius 1 is 1.38 bits per heavy atom. The Kier molecular flexibility index (Phi) is 4.27. The largest absolute Gasteiger partial charge is 0.370 e. The van der Waals surface area contributed by atoms with E-state index in [0.29, 0.717) is 13.2 Å². The van der Waals surface area contributed by atoms with Gasteiger partial charge in [0.1, 0.15) is 6.10 Å². The molecular formula is C17H24N2O2. The van der Waals surface area contributed by atoms with E-state index in [9.17, 15) is 4.79 Å². The maximum atomic E-state index is 12.7. The van der Waals surface area contributed by atoms with Crippen LogP contribution in [0.15, 0.2) is 24.3 Å². The maximum Gasteiger partial charge on any atom is 0.227 e. The molecule has 1 aromatic carbocycles. The molecule has 21 heavy (non-hydrogen) atoms. The van der Waals surface area contributed by atoms with Crippen LogP contribution in [0.25, 0.3) is 0 Å². The number of nitrogens with one attached hydrogen (secondary N) is 1. The first-order valence-corrected chi connectivity index (χ1v) is 7.85. The lowest BCUT2D eigenvalue weighted by Gasteiger charge is -2.39. The minimum atomic E-state index is 0.000659. The molecule has 1 N–H and O–H groups in total. The molecule has 0 bridgehead atoms. The molecule has 0 radical (unpaired) electrons. The van der Waals surface area contributed by atoms with Gasteiger partial charge in [0, 0.05) is 6.54 Å². The van der Waals surface area contributed by atoms with Crippen molar-refractivity contribution in [3.63, 3.8) is 0 Å². The highest BCUT2D eigenvalue weighted by atomic mass is 16.5. The molecule has 0 unspecified atom stereocenters. The second-order valence-corrected chi connectivity index (χ2v) is 6.21. The Bertz CT molecular complexity index is 511. The van der Waals surface area contributed by atoms with E-state index in [2.05, 4.69) is 31.3 Å². The molecule has 3 atom stereocenters. The fraction of sp³-hybridized carbons (Fsp3) is 0.588. The van der Waals surface area contributed by atoms with Crippen molar-refractivity contribution in [1.82, 2.24) is 10.2 Å². The molecule has 2 aliphatic rings. The second kappa shape index (κ2) is 6.16. The van der Waals surface area contributed by atoms with E-state index in [1.165, 1.54) is 11.1 Å². The van der Waals surface area contributed by atoms with Crippen molar-refractivity contribution in [2.24, 2.45) is 5.92 Å². The molecule has 3 rings (SSSR count). The van der Waals surface area contributed by atoms with Gasteiger partial charge >= 0.3 is 0 Å². The monoisotopic (exact) mass is 288 g/mol. The summed E-state index contributed by atoms with van der Waals surface area (Å²) in [6, 6.07) is 8.45. The summed E-state index contributed by atoms with van der Waals surface area (Å²) in [6.07, 6.45) is 0.957. The average molecular weight is 288 g/mol. The summed E-state index contributed by atoms with van der Waals surface area (Å²) in [7, 11) is 0. The van der Waals surface area contributed by atoms with E-state index in [0.717, 1.165) is 19.5 Å². The third-order valence-corrected chi connectivity index (χ3v) is 4.66. The van der Waals surface area contributed by atoms with Crippen LogP contribution in [0.3, 0.4) is 0 Å². The van der Waals surface area contributed by atoms with Crippen molar-refractivity contribution in [1.29, 1.82) is 0 Å². The Morgan fingerprint density at radius 2 is 2.19 bits per heavy atom. The first-order chi connectivity index (χ1) is 10.2. The zero-order valence-corrected chi connectivity index (χ0v) is 12.8. The molecule has 114 valence electrons. The highest BCUT2D eigenvalue weighted by Crippen LogP contribution is 2.28. The van der Waals surface area contributed by atoms with Crippen LogP contribution in [-0.2, 0) is 9.53 Å². The zero-order chi connectivity index (χ0) is 14.8. The molecule has 1 aromatic rings. The molecule has 0 saturated carbocycles. The molecule has 1 amide bonds. The minimum absolute atomic E-state index is 0.000659. The summed E-state index contributed by atoms with van der Waals surface area (Å²) in [4.78, 5) is 14.7. The number of carbonyl (C=O) groups excluding carboxylic acids is 1. The highest BCUT2D eigenvalue weighted by Gasteiger charge is 2.35. The number of carbonyl (C=O) groups is 1. The van der Waals surface area contributed by atoms with E-state index in [4.69, 9.17) is 4.74 Å². The summed E-state index contributed by atoms with van der Waals surface area (Å²) in [5.41, 5.74) is 2.43. The van der Waals surface area contributed by atoms with E-state index in [-0.39, 0.29) is 24.0 Å². The number of hydrogen-bond donors (Lipinski definition) is 1. The number of ether oxygens (including phenoxy) is 1. The SMILES string of the molecule is Cc1ccccc1[C@@H]1CN(C(=O)[C@H]2CCNC2)[C@@H](C)CO1. The van der Waals surface area contributed by atoms with E-state index in [1.54, 1.807) is 0 Å². The van der Waals surface area contributed by atoms with Gasteiger partial charge in [-0.25, -0.2) is 0 Å². The van der Waals surface area contributed by atoms with Gasteiger partial charge in [-0.1, -0.05) is 24.3 Å². The van der Waals surface area contributed by atoms with Gasteiger partial charge in [-0.15, -0.1) is 0 Å². The fourth-order valence-corrected chi connectivity index (χ4v) is 3.30. The van der Waals surface area contributed by atoms with Crippen molar-refractivity contribution >= 4 is 5.91 Å². The van der Waals surface area contributed by atoms with Gasteiger partial charge in [-0.05, 0) is 37.9 Å². The fourth-order valence-electron chi connectivity index (χ4n) is 3.30.